The van der Waals surface area contributed by atoms with Gasteiger partial charge in [0.25, 0.3) is 5.56 Å². The highest BCUT2D eigenvalue weighted by Gasteiger charge is 2.20. The fourth-order valence-corrected chi connectivity index (χ4v) is 5.73. The smallest absolute Gasteiger partial charge is 0.269 e. The quantitative estimate of drug-likeness (QED) is 0.509. The predicted octanol–water partition coefficient (Wildman–Crippen LogP) is 1.80. The number of fused-ring (bicyclic) bond motifs is 1. The number of hydrogen-bond donors (Lipinski definition) is 0. The van der Waals surface area contributed by atoms with Crippen molar-refractivity contribution in [3.05, 3.63) is 73.7 Å². The van der Waals surface area contributed by atoms with Crippen molar-refractivity contribution in [3.63, 3.8) is 0 Å². The number of rotatable bonds is 5. The molecule has 0 unspecified atom stereocenters. The van der Waals surface area contributed by atoms with Crippen LogP contribution in [0.25, 0.3) is 11.6 Å². The van der Waals surface area contributed by atoms with Crippen molar-refractivity contribution in [2.75, 3.05) is 31.2 Å². The van der Waals surface area contributed by atoms with E-state index in [0.29, 0.717) is 27.1 Å². The van der Waals surface area contributed by atoms with Crippen LogP contribution in [0, 0.1) is 11.3 Å². The molecular weight excluding hydrogens is 460 g/mol. The second-order valence-corrected chi connectivity index (χ2v) is 9.73. The molecule has 9 heteroatoms. The lowest BCUT2D eigenvalue weighted by Crippen LogP contribution is -2.36. The largest absolute Gasteiger partial charge is 0.378 e. The van der Waals surface area contributed by atoms with Gasteiger partial charge in [-0.25, -0.2) is 0 Å². The van der Waals surface area contributed by atoms with Crippen LogP contribution in [0.2, 0.25) is 0 Å². The Morgan fingerprint density at radius 1 is 1.14 bits per heavy atom. The standard InChI is InChI=1S/C26H28N6O2S/c1-2-11-32-25(33)22(17-19-7-9-20(10-8-19)30-13-15-34-16-14-30)35-26(32)21(18-27)24-29-28-23-6-4-3-5-12-31(23)24/h2,7-10,17H,1,3-6,11-16H2/b22-17+,26-21-. The molecule has 2 aromatic heterocycles. The highest BCUT2D eigenvalue weighted by Crippen LogP contribution is 2.19. The first kappa shape index (κ1) is 23.3. The molecule has 0 aliphatic carbocycles. The zero-order valence-corrected chi connectivity index (χ0v) is 20.5. The van der Waals surface area contributed by atoms with E-state index in [0.717, 1.165) is 75.6 Å². The van der Waals surface area contributed by atoms with Gasteiger partial charge in [0.15, 0.2) is 5.82 Å². The number of benzene rings is 1. The number of aryl methyl sites for hydroxylation is 1. The number of nitrogens with zero attached hydrogens (tertiary/aromatic N) is 6. The lowest BCUT2D eigenvalue weighted by Gasteiger charge is -2.28. The number of allylic oxidation sites excluding steroid dienone is 1. The number of ether oxygens (including phenoxy) is 1. The number of anilines is 1. The van der Waals surface area contributed by atoms with Gasteiger partial charge in [-0.2, -0.15) is 5.26 Å². The minimum absolute atomic E-state index is 0.134. The molecule has 0 N–H and O–H groups in total. The summed E-state index contributed by atoms with van der Waals surface area (Å²) in [4.78, 5) is 15.6. The van der Waals surface area contributed by atoms with E-state index in [2.05, 4.69) is 39.9 Å². The molecule has 2 aliphatic heterocycles. The molecule has 2 aliphatic rings. The van der Waals surface area contributed by atoms with Gasteiger partial charge in [0.1, 0.15) is 22.1 Å². The van der Waals surface area contributed by atoms with E-state index in [1.165, 1.54) is 11.3 Å². The zero-order valence-electron chi connectivity index (χ0n) is 19.7. The Bertz CT molecular complexity index is 1430. The van der Waals surface area contributed by atoms with Crippen LogP contribution in [0.15, 0.2) is 41.7 Å². The van der Waals surface area contributed by atoms with Crippen LogP contribution < -0.4 is 19.7 Å². The molecule has 1 fully saturated rings. The Kier molecular flexibility index (Phi) is 6.93. The van der Waals surface area contributed by atoms with E-state index in [1.54, 1.807) is 10.6 Å². The monoisotopic (exact) mass is 488 g/mol. The third-order valence-corrected chi connectivity index (χ3v) is 7.58. The van der Waals surface area contributed by atoms with Gasteiger partial charge in [-0.1, -0.05) is 24.6 Å². The SMILES string of the molecule is C=CCn1c(=O)/c(=C\c2ccc(N3CCOCC3)cc2)s/c1=C(/C#N)c1nnc2n1CCCCC2. The van der Waals surface area contributed by atoms with E-state index in [9.17, 15) is 10.1 Å². The summed E-state index contributed by atoms with van der Waals surface area (Å²) in [6.07, 6.45) is 7.66. The van der Waals surface area contributed by atoms with E-state index < -0.39 is 0 Å². The normalized spacial score (nSPS) is 17.5. The maximum Gasteiger partial charge on any atom is 0.269 e. The topological polar surface area (TPSA) is 89.0 Å². The Morgan fingerprint density at radius 2 is 1.94 bits per heavy atom. The van der Waals surface area contributed by atoms with Crippen molar-refractivity contribution in [1.82, 2.24) is 19.3 Å². The molecule has 5 rings (SSSR count). The maximum atomic E-state index is 13.3. The molecule has 0 amide bonds. The van der Waals surface area contributed by atoms with Crippen LogP contribution in [0.3, 0.4) is 0 Å². The van der Waals surface area contributed by atoms with E-state index >= 15 is 0 Å². The van der Waals surface area contributed by atoms with Crippen molar-refractivity contribution in [2.45, 2.75) is 38.8 Å². The Hall–Kier alpha value is -3.48. The van der Waals surface area contributed by atoms with E-state index in [-0.39, 0.29) is 5.56 Å². The van der Waals surface area contributed by atoms with E-state index in [4.69, 9.17) is 4.74 Å². The molecule has 8 nitrogen and oxygen atoms in total. The number of morpholine rings is 1. The average Bonchev–Trinajstić information content (AvgIpc) is 3.31. The van der Waals surface area contributed by atoms with Crippen LogP contribution >= 0.6 is 11.3 Å². The van der Waals surface area contributed by atoms with Gasteiger partial charge in [-0.3, -0.25) is 9.36 Å². The summed E-state index contributed by atoms with van der Waals surface area (Å²) < 4.78 is 10.3. The molecule has 3 aromatic rings. The zero-order chi connectivity index (χ0) is 24.2. The van der Waals surface area contributed by atoms with Crippen molar-refractivity contribution in [2.24, 2.45) is 0 Å². The molecule has 180 valence electrons. The molecule has 0 atom stereocenters. The third kappa shape index (κ3) is 4.72. The maximum absolute atomic E-state index is 13.3. The van der Waals surface area contributed by atoms with Gasteiger partial charge in [0.05, 0.1) is 17.7 Å². The summed E-state index contributed by atoms with van der Waals surface area (Å²) in [6, 6.07) is 10.5. The predicted molar refractivity (Wildman–Crippen MR) is 137 cm³/mol. The van der Waals surface area contributed by atoms with Crippen molar-refractivity contribution < 1.29 is 4.74 Å². The lowest BCUT2D eigenvalue weighted by atomic mass is 10.2. The first-order chi connectivity index (χ1) is 17.2. The number of nitriles is 1. The average molecular weight is 489 g/mol. The highest BCUT2D eigenvalue weighted by atomic mass is 32.1. The van der Waals surface area contributed by atoms with Gasteiger partial charge in [-0.15, -0.1) is 28.1 Å². The first-order valence-corrected chi connectivity index (χ1v) is 12.8. The fourth-order valence-electron chi connectivity index (χ4n) is 4.62. The summed E-state index contributed by atoms with van der Waals surface area (Å²) in [5.41, 5.74) is 2.34. The van der Waals surface area contributed by atoms with Crippen molar-refractivity contribution >= 4 is 28.7 Å². The Balaban J connectivity index is 1.59. The van der Waals surface area contributed by atoms with Gasteiger partial charge in [0.2, 0.25) is 0 Å². The highest BCUT2D eigenvalue weighted by molar-refractivity contribution is 7.07. The lowest BCUT2D eigenvalue weighted by molar-refractivity contribution is 0.122. The summed E-state index contributed by atoms with van der Waals surface area (Å²) >= 11 is 1.32. The molecule has 1 saturated heterocycles. The molecule has 4 heterocycles. The molecular formula is C26H28N6O2S. The summed E-state index contributed by atoms with van der Waals surface area (Å²) in [5.74, 6) is 1.46. The van der Waals surface area contributed by atoms with E-state index in [1.807, 2.05) is 22.8 Å². The first-order valence-electron chi connectivity index (χ1n) is 12.0. The second kappa shape index (κ2) is 10.4. The molecule has 0 bridgehead atoms. The molecule has 0 radical (unpaired) electrons. The third-order valence-electron chi connectivity index (χ3n) is 6.45. The molecule has 0 saturated carbocycles. The fraction of sp³-hybridized carbons (Fsp3) is 0.385. The Morgan fingerprint density at radius 3 is 2.69 bits per heavy atom. The van der Waals surface area contributed by atoms with Crippen LogP contribution in [-0.4, -0.2) is 45.6 Å². The number of aromatic nitrogens is 4. The van der Waals surface area contributed by atoms with Gasteiger partial charge in [-0.05, 0) is 36.6 Å². The molecule has 0 spiro atoms. The van der Waals surface area contributed by atoms with Crippen molar-refractivity contribution in [3.8, 4) is 6.07 Å². The molecule has 1 aromatic carbocycles. The van der Waals surface area contributed by atoms with Crippen molar-refractivity contribution in [1.29, 1.82) is 5.26 Å². The summed E-state index contributed by atoms with van der Waals surface area (Å²) in [6.45, 7) is 8.15. The molecule has 35 heavy (non-hydrogen) atoms. The second-order valence-electron chi connectivity index (χ2n) is 8.70. The Labute approximate surface area is 207 Å². The van der Waals surface area contributed by atoms with Gasteiger partial charge >= 0.3 is 0 Å². The van der Waals surface area contributed by atoms with Gasteiger partial charge in [0, 0.05) is 38.3 Å². The van der Waals surface area contributed by atoms with Crippen LogP contribution in [0.1, 0.15) is 36.5 Å². The van der Waals surface area contributed by atoms with Crippen LogP contribution in [0.5, 0.6) is 0 Å². The van der Waals surface area contributed by atoms with Gasteiger partial charge < -0.3 is 14.2 Å². The minimum atomic E-state index is -0.134. The van der Waals surface area contributed by atoms with Crippen LogP contribution in [-0.2, 0) is 24.2 Å². The number of thiazole rings is 1. The van der Waals surface area contributed by atoms with Crippen LogP contribution in [0.4, 0.5) is 5.69 Å². The minimum Gasteiger partial charge on any atom is -0.378 e. The summed E-state index contributed by atoms with van der Waals surface area (Å²) in [7, 11) is 0. The number of hydrogen-bond acceptors (Lipinski definition) is 7. The summed E-state index contributed by atoms with van der Waals surface area (Å²) in [5, 5.41) is 18.8.